The molecule has 1 aromatic carbocycles. The Bertz CT molecular complexity index is 959. The molecule has 3 rings (SSSR count). The van der Waals surface area contributed by atoms with Gasteiger partial charge in [0, 0.05) is 17.0 Å². The van der Waals surface area contributed by atoms with Crippen LogP contribution in [0.25, 0.3) is 11.4 Å². The van der Waals surface area contributed by atoms with Gasteiger partial charge in [-0.2, -0.15) is 5.10 Å². The Morgan fingerprint density at radius 3 is 2.85 bits per heavy atom. The number of nitrogens with one attached hydrogen (secondary N) is 2. The van der Waals surface area contributed by atoms with Crippen LogP contribution in [0.15, 0.2) is 41.8 Å². The molecule has 0 fully saturated rings. The first-order valence-corrected chi connectivity index (χ1v) is 9.93. The smallest absolute Gasteiger partial charge is 0.240 e. The lowest BCUT2D eigenvalue weighted by atomic mass is 10.1. The molecule has 6 nitrogen and oxygen atoms in total. The van der Waals surface area contributed by atoms with Crippen molar-refractivity contribution in [2.24, 2.45) is 0 Å². The molecule has 142 valence electrons. The second-order valence-corrected chi connectivity index (χ2v) is 7.97. The number of aromatic nitrogens is 3. The molecule has 8 heteroatoms. The van der Waals surface area contributed by atoms with Crippen LogP contribution < -0.4 is 5.32 Å². The fraction of sp³-hybridized carbons (Fsp3) is 0.316. The van der Waals surface area contributed by atoms with Gasteiger partial charge >= 0.3 is 0 Å². The maximum Gasteiger partial charge on any atom is 0.240 e. The van der Waals surface area contributed by atoms with Crippen molar-refractivity contribution in [3.05, 3.63) is 57.0 Å². The summed E-state index contributed by atoms with van der Waals surface area (Å²) in [5, 5.41) is 12.2. The topological polar surface area (TPSA) is 66.0 Å². The van der Waals surface area contributed by atoms with E-state index in [1.54, 1.807) is 15.9 Å². The lowest BCUT2D eigenvalue weighted by Crippen LogP contribution is -2.36. The van der Waals surface area contributed by atoms with Gasteiger partial charge in [-0.05, 0) is 50.7 Å². The summed E-state index contributed by atoms with van der Waals surface area (Å²) in [6.45, 7) is 2.69. The number of benzene rings is 1. The first-order chi connectivity index (χ1) is 13.0. The summed E-state index contributed by atoms with van der Waals surface area (Å²) in [6.07, 6.45) is 0. The maximum absolute atomic E-state index is 12.6. The first kappa shape index (κ1) is 19.5. The van der Waals surface area contributed by atoms with Gasteiger partial charge in [0.05, 0.1) is 6.04 Å². The highest BCUT2D eigenvalue weighted by molar-refractivity contribution is 7.71. The van der Waals surface area contributed by atoms with E-state index in [1.165, 1.54) is 4.88 Å². The summed E-state index contributed by atoms with van der Waals surface area (Å²) in [5.74, 6) is 0.575. The van der Waals surface area contributed by atoms with Gasteiger partial charge in [0.1, 0.15) is 6.54 Å². The number of carbonyl (C=O) groups is 1. The fourth-order valence-corrected chi connectivity index (χ4v) is 4.02. The van der Waals surface area contributed by atoms with Crippen LogP contribution in [0, 0.1) is 11.7 Å². The molecule has 0 bridgehead atoms. The molecule has 0 saturated carbocycles. The van der Waals surface area contributed by atoms with E-state index < -0.39 is 0 Å². The number of aryl methyl sites for hydroxylation is 1. The Morgan fingerprint density at radius 1 is 1.37 bits per heavy atom. The van der Waals surface area contributed by atoms with Gasteiger partial charge in [0.15, 0.2) is 10.6 Å². The zero-order valence-corrected chi connectivity index (χ0v) is 17.2. The highest BCUT2D eigenvalue weighted by Gasteiger charge is 2.17. The predicted octanol–water partition coefficient (Wildman–Crippen LogP) is 3.40. The van der Waals surface area contributed by atoms with Gasteiger partial charge < -0.3 is 10.2 Å². The average Bonchev–Trinajstić information content (AvgIpc) is 3.26. The molecule has 27 heavy (non-hydrogen) atoms. The van der Waals surface area contributed by atoms with Crippen LogP contribution in [0.4, 0.5) is 0 Å². The number of rotatable bonds is 7. The number of thiophene rings is 1. The molecule has 2 heterocycles. The van der Waals surface area contributed by atoms with Crippen LogP contribution in [0.5, 0.6) is 0 Å². The summed E-state index contributed by atoms with van der Waals surface area (Å²) < 4.78 is 2.17. The van der Waals surface area contributed by atoms with Crippen LogP contribution in [-0.4, -0.2) is 46.2 Å². The lowest BCUT2D eigenvalue weighted by molar-refractivity contribution is -0.121. The number of H-pyrrole nitrogens is 1. The molecule has 0 aliphatic rings. The van der Waals surface area contributed by atoms with Crippen molar-refractivity contribution >= 4 is 29.5 Å². The second-order valence-electron chi connectivity index (χ2n) is 6.61. The van der Waals surface area contributed by atoms with Gasteiger partial charge in [0.25, 0.3) is 0 Å². The van der Waals surface area contributed by atoms with E-state index in [2.05, 4.69) is 26.5 Å². The van der Waals surface area contributed by atoms with Gasteiger partial charge in [0.2, 0.25) is 5.91 Å². The van der Waals surface area contributed by atoms with E-state index in [4.69, 9.17) is 12.2 Å². The number of hydrogen-bond donors (Lipinski definition) is 2. The van der Waals surface area contributed by atoms with E-state index >= 15 is 0 Å². The zero-order chi connectivity index (χ0) is 19.4. The van der Waals surface area contributed by atoms with Crippen LogP contribution in [-0.2, 0) is 11.3 Å². The van der Waals surface area contributed by atoms with Gasteiger partial charge in [-0.3, -0.25) is 14.5 Å². The SMILES string of the molecule is Cc1cccc(-c2n[nH]c(=S)n2CC(=O)NC[C@@H](c2cccs2)N(C)C)c1. The third kappa shape index (κ3) is 4.71. The lowest BCUT2D eigenvalue weighted by Gasteiger charge is -2.23. The molecule has 0 radical (unpaired) electrons. The zero-order valence-electron chi connectivity index (χ0n) is 15.6. The minimum absolute atomic E-state index is 0.0928. The third-order valence-corrected chi connectivity index (χ3v) is 5.61. The third-order valence-electron chi connectivity index (χ3n) is 4.32. The molecule has 3 aromatic rings. The molecule has 0 unspecified atom stereocenters. The second kappa shape index (κ2) is 8.60. The van der Waals surface area contributed by atoms with Crippen molar-refractivity contribution in [3.8, 4) is 11.4 Å². The molecular weight excluding hydrogens is 378 g/mol. The largest absolute Gasteiger partial charge is 0.353 e. The Hall–Kier alpha value is -2.29. The Morgan fingerprint density at radius 2 is 2.19 bits per heavy atom. The van der Waals surface area contributed by atoms with Crippen LogP contribution in [0.1, 0.15) is 16.5 Å². The van der Waals surface area contributed by atoms with Crippen molar-refractivity contribution < 1.29 is 4.79 Å². The average molecular weight is 402 g/mol. The molecule has 0 saturated heterocycles. The van der Waals surface area contributed by atoms with E-state index in [-0.39, 0.29) is 18.5 Å². The number of amides is 1. The number of hydrogen-bond acceptors (Lipinski definition) is 5. The number of likely N-dealkylation sites (N-methyl/N-ethyl adjacent to an activating group) is 1. The summed E-state index contributed by atoms with van der Waals surface area (Å²) >= 11 is 7.01. The Labute approximate surface area is 167 Å². The van der Waals surface area contributed by atoms with Gasteiger partial charge in [-0.25, -0.2) is 0 Å². The van der Waals surface area contributed by atoms with E-state index in [1.807, 2.05) is 56.7 Å². The molecule has 1 atom stereocenters. The normalized spacial score (nSPS) is 12.3. The maximum atomic E-state index is 12.6. The molecule has 0 aliphatic carbocycles. The molecule has 1 amide bonds. The minimum Gasteiger partial charge on any atom is -0.353 e. The fourth-order valence-electron chi connectivity index (χ4n) is 2.90. The summed E-state index contributed by atoms with van der Waals surface area (Å²) in [5.41, 5.74) is 2.06. The summed E-state index contributed by atoms with van der Waals surface area (Å²) in [4.78, 5) is 15.9. The highest BCUT2D eigenvalue weighted by Crippen LogP contribution is 2.22. The monoisotopic (exact) mass is 401 g/mol. The van der Waals surface area contributed by atoms with Crippen molar-refractivity contribution in [2.75, 3.05) is 20.6 Å². The van der Waals surface area contributed by atoms with E-state index in [0.29, 0.717) is 17.1 Å². The molecule has 0 aliphatic heterocycles. The van der Waals surface area contributed by atoms with Crippen molar-refractivity contribution in [2.45, 2.75) is 19.5 Å². The number of nitrogens with zero attached hydrogens (tertiary/aromatic N) is 3. The number of aromatic amines is 1. The molecule has 0 spiro atoms. The van der Waals surface area contributed by atoms with Gasteiger partial charge in [-0.1, -0.05) is 29.8 Å². The van der Waals surface area contributed by atoms with E-state index in [9.17, 15) is 4.79 Å². The first-order valence-electron chi connectivity index (χ1n) is 8.64. The minimum atomic E-state index is -0.0928. The quantitative estimate of drug-likeness (QED) is 0.596. The molecule has 2 N–H and O–H groups in total. The highest BCUT2D eigenvalue weighted by atomic mass is 32.1. The van der Waals surface area contributed by atoms with Crippen LogP contribution >= 0.6 is 23.6 Å². The molecule has 2 aromatic heterocycles. The van der Waals surface area contributed by atoms with Crippen LogP contribution in [0.3, 0.4) is 0 Å². The van der Waals surface area contributed by atoms with Crippen molar-refractivity contribution in [3.63, 3.8) is 0 Å². The van der Waals surface area contributed by atoms with E-state index in [0.717, 1.165) is 11.1 Å². The Balaban J connectivity index is 1.71. The van der Waals surface area contributed by atoms with Crippen LogP contribution in [0.2, 0.25) is 0 Å². The summed E-state index contributed by atoms with van der Waals surface area (Å²) in [7, 11) is 4.02. The van der Waals surface area contributed by atoms with Gasteiger partial charge in [-0.15, -0.1) is 11.3 Å². The number of carbonyl (C=O) groups excluding carboxylic acids is 1. The predicted molar refractivity (Wildman–Crippen MR) is 111 cm³/mol. The Kier molecular flexibility index (Phi) is 6.20. The molecular formula is C19H23N5OS2. The standard InChI is InChI=1S/C19H23N5OS2/c1-13-6-4-7-14(10-13)18-21-22-19(26)24(18)12-17(25)20-11-15(23(2)3)16-8-5-9-27-16/h4-10,15H,11-12H2,1-3H3,(H,20,25)(H,22,26)/t15-/m0/s1. The van der Waals surface area contributed by atoms with Crippen molar-refractivity contribution in [1.82, 2.24) is 25.0 Å². The summed E-state index contributed by atoms with van der Waals surface area (Å²) in [6, 6.07) is 12.2. The van der Waals surface area contributed by atoms with Crippen molar-refractivity contribution in [1.29, 1.82) is 0 Å².